The SMILES string of the molecule is N#C[C@@H]1CC(F)(F)CN1C(=O)CNC(=O)c1ccnc2c(NC(=O)CCC(=O)NC/C=C/N(CCCC[C@H](NC(=O)C[C@H](NC(=O)CCC(=O)Nc3cccc4c(C(=O)NCC(=O)N5CC(F)(F)C[C@H]5C#N)ccnc34)C(=O)O)C(=O)N[C@@H](CC(=O)O)C(=O)N[C@@H](CCCCN)C(=O)N[C@@H](CC(=O)O)C(=O)N[C@@H](CS)C(=O)O)NN)cccc12. The summed E-state index contributed by atoms with van der Waals surface area (Å²) in [6.07, 6.45) is -2.41. The molecule has 42 nitrogen and oxygen atoms in total. The first kappa shape index (κ1) is 94.6. The summed E-state index contributed by atoms with van der Waals surface area (Å²) in [7, 11) is 0. The number of fused-ring (bicyclic) bond motifs is 2. The molecule has 2 aromatic carbocycles. The van der Waals surface area contributed by atoms with Crippen molar-refractivity contribution in [1.82, 2.24) is 78.2 Å². The average molecular weight is 1690 g/mol. The number of likely N-dealkylation sites (tertiary alicyclic amines) is 2. The van der Waals surface area contributed by atoms with Gasteiger partial charge in [-0.1, -0.05) is 24.3 Å². The second-order valence-corrected chi connectivity index (χ2v) is 27.4. The van der Waals surface area contributed by atoms with Crippen LogP contribution in [0.1, 0.15) is 117 Å². The predicted octanol–water partition coefficient (Wildman–Crippen LogP) is -2.14. The van der Waals surface area contributed by atoms with Gasteiger partial charge >= 0.3 is 23.9 Å². The van der Waals surface area contributed by atoms with E-state index < -0.39 is 244 Å². The van der Waals surface area contributed by atoms with Gasteiger partial charge in [0.05, 0.1) is 91.1 Å². The van der Waals surface area contributed by atoms with Crippen molar-refractivity contribution >= 4 is 146 Å². The Morgan fingerprint density at radius 3 is 1.39 bits per heavy atom. The normalized spacial score (nSPS) is 15.9. The monoisotopic (exact) mass is 1690 g/mol. The minimum atomic E-state index is -3.31. The standard InChI is InChI=1S/C72H87F4N21O21S/c73-71(74)29-38(31-78)96(36-71)57(103)33-84-63(109)42-18-22-82-61-40(42)8-5-12-44(61)86-53(99)15-14-52(98)81-21-7-25-95(94-80)24-4-2-11-46(65(111)91-48(27-59(105)106)67(113)90-47(10-1-3-20-77)66(112)92-49(28-60(107)108)68(114)93-51(35-119)70(117)118)88-56(102)26-50(69(115)116)89-55(101)17-16-54(100)87-45-13-6-9-41-43(19-23-83-62(41)45)64(110)85-34-58(104)97-37-72(75,76)30-39(97)32-79/h5-9,12-13,18-19,22-23,25,38-39,46-51,94,119H,1-4,10-11,14-17,20-21,24,26-30,33-37,77,80H2,(H,81,98)(H,84,109)(H,85,110)(H,86,99)(H,87,100)(H,88,102)(H,89,101)(H,90,113)(H,91,111)(H,92,112)(H,93,114)(H,105,106)(H,107,108)(H,115,116)(H,117,118)/b25-7+/t38-,39-,46-,47-,48-,49-,50-,51-/m0/s1. The van der Waals surface area contributed by atoms with Gasteiger partial charge in [-0.3, -0.25) is 87.7 Å². The highest BCUT2D eigenvalue weighted by atomic mass is 32.1. The Labute approximate surface area is 678 Å². The van der Waals surface area contributed by atoms with E-state index in [2.05, 4.69) is 81.3 Å². The van der Waals surface area contributed by atoms with Crippen molar-refractivity contribution in [2.24, 2.45) is 11.6 Å². The first-order valence-electron chi connectivity index (χ1n) is 36.6. The number of hydrogen-bond donors (Lipinski definition) is 19. The Kier molecular flexibility index (Phi) is 36.0. The maximum atomic E-state index is 14.4. The zero-order valence-electron chi connectivity index (χ0n) is 63.3. The Balaban J connectivity index is 1.09. The fourth-order valence-corrected chi connectivity index (χ4v) is 12.4. The van der Waals surface area contributed by atoms with Crippen LogP contribution >= 0.6 is 12.6 Å². The lowest BCUT2D eigenvalue weighted by molar-refractivity contribution is -0.144. The van der Waals surface area contributed by atoms with Crippen molar-refractivity contribution in [3.05, 3.63) is 84.3 Å². The highest BCUT2D eigenvalue weighted by Gasteiger charge is 2.49. The molecule has 2 aliphatic rings. The van der Waals surface area contributed by atoms with Crippen molar-refractivity contribution < 1.29 is 119 Å². The molecule has 20 N–H and O–H groups in total. The number of carboxylic acid groups (broad SMARTS) is 4. The number of unbranched alkanes of at least 4 members (excludes halogenated alkanes) is 2. The average Bonchev–Trinajstić information content (AvgIpc) is 1.45. The van der Waals surface area contributed by atoms with Crippen molar-refractivity contribution in [1.29, 1.82) is 10.5 Å². The number of nitrogens with zero attached hydrogens (tertiary/aromatic N) is 7. The zero-order chi connectivity index (χ0) is 87.8. The summed E-state index contributed by atoms with van der Waals surface area (Å²) in [6.45, 7) is -3.57. The number of nitriles is 2. The molecule has 8 atom stereocenters. The number of rotatable bonds is 46. The van der Waals surface area contributed by atoms with E-state index in [0.29, 0.717) is 9.80 Å². The van der Waals surface area contributed by atoms with Gasteiger partial charge in [-0.25, -0.2) is 27.2 Å². The molecule has 0 unspecified atom stereocenters. The summed E-state index contributed by atoms with van der Waals surface area (Å²) in [4.78, 5) is 232. The summed E-state index contributed by atoms with van der Waals surface area (Å²) in [5.74, 6) is -21.1. The Morgan fingerprint density at radius 1 is 0.538 bits per heavy atom. The van der Waals surface area contributed by atoms with Gasteiger partial charge in [-0.2, -0.15) is 28.7 Å². The van der Waals surface area contributed by atoms with E-state index in [4.69, 9.17) is 11.6 Å². The molecule has 47 heteroatoms. The number of nitrogens with one attached hydrogen (secondary N) is 12. The Morgan fingerprint density at radius 2 is 0.958 bits per heavy atom. The van der Waals surface area contributed by atoms with Crippen LogP contribution in [0.15, 0.2) is 73.2 Å². The van der Waals surface area contributed by atoms with Gasteiger partial charge < -0.3 is 99.5 Å². The number of amides is 13. The second kappa shape index (κ2) is 45.3. The van der Waals surface area contributed by atoms with Crippen molar-refractivity contribution in [3.8, 4) is 12.1 Å². The molecule has 2 aliphatic heterocycles. The molecule has 0 bridgehead atoms. The third-order valence-electron chi connectivity index (χ3n) is 18.1. The van der Waals surface area contributed by atoms with E-state index in [-0.39, 0.29) is 109 Å². The molecule has 2 saturated heterocycles. The number of hydrogen-bond acceptors (Lipinski definition) is 26. The lowest BCUT2D eigenvalue weighted by Gasteiger charge is -2.26. The minimum absolute atomic E-state index is 0.00384. The van der Waals surface area contributed by atoms with Crippen LogP contribution in [0.2, 0.25) is 0 Å². The van der Waals surface area contributed by atoms with Gasteiger partial charge in [0, 0.05) is 86.7 Å². The number of pyridine rings is 2. The number of carboxylic acids is 4. The molecule has 2 aromatic heterocycles. The van der Waals surface area contributed by atoms with E-state index >= 15 is 0 Å². The van der Waals surface area contributed by atoms with Crippen molar-refractivity contribution in [3.63, 3.8) is 0 Å². The van der Waals surface area contributed by atoms with Crippen LogP contribution in [0.4, 0.5) is 28.9 Å². The maximum absolute atomic E-state index is 14.4. The fourth-order valence-electron chi connectivity index (χ4n) is 12.2. The largest absolute Gasteiger partial charge is 0.481 e. The summed E-state index contributed by atoms with van der Waals surface area (Å²) in [6, 6.07) is 0.410. The number of hydrazine groups is 2. The zero-order valence-corrected chi connectivity index (χ0v) is 64.2. The first-order valence-corrected chi connectivity index (χ1v) is 37.3. The first-order chi connectivity index (χ1) is 56.4. The van der Waals surface area contributed by atoms with Gasteiger partial charge in [0.15, 0.2) is 0 Å². The Bertz CT molecular complexity index is 4610. The van der Waals surface area contributed by atoms with Crippen LogP contribution in [0, 0.1) is 22.7 Å². The van der Waals surface area contributed by atoms with E-state index in [0.717, 1.165) is 0 Å². The fraction of sp³-hybridized carbons (Fsp3) is 0.458. The van der Waals surface area contributed by atoms with Crippen LogP contribution < -0.4 is 75.6 Å². The topological polar surface area (TPSA) is 651 Å². The highest BCUT2D eigenvalue weighted by Crippen LogP contribution is 2.34. The molecule has 119 heavy (non-hydrogen) atoms. The quantitative estimate of drug-likeness (QED) is 0.00738. The molecule has 2 fully saturated rings. The summed E-state index contributed by atoms with van der Waals surface area (Å²) >= 11 is 3.85. The molecule has 0 radical (unpaired) electrons. The van der Waals surface area contributed by atoms with Gasteiger partial charge in [-0.05, 0) is 75.4 Å². The molecule has 4 heterocycles. The van der Waals surface area contributed by atoms with Gasteiger partial charge in [-0.15, -0.1) is 0 Å². The van der Waals surface area contributed by atoms with E-state index in [1.165, 1.54) is 78.2 Å². The van der Waals surface area contributed by atoms with Crippen molar-refractivity contribution in [2.75, 3.05) is 62.2 Å². The second-order valence-electron chi connectivity index (χ2n) is 27.1. The molecule has 640 valence electrons. The number of halogens is 4. The predicted molar refractivity (Wildman–Crippen MR) is 408 cm³/mol. The molecule has 0 aliphatic carbocycles. The highest BCUT2D eigenvalue weighted by molar-refractivity contribution is 7.80. The van der Waals surface area contributed by atoms with E-state index in [9.17, 15) is 130 Å². The van der Waals surface area contributed by atoms with Gasteiger partial charge in [0.1, 0.15) is 48.3 Å². The Hall–Kier alpha value is -13.3. The van der Waals surface area contributed by atoms with Crippen LogP contribution in [-0.2, 0) is 71.9 Å². The maximum Gasteiger partial charge on any atom is 0.327 e. The number of carbonyl (C=O) groups is 17. The molecular formula is C72H87F4N21O21S. The van der Waals surface area contributed by atoms with Gasteiger partial charge in [0.25, 0.3) is 23.7 Å². The number of anilines is 2. The van der Waals surface area contributed by atoms with Crippen LogP contribution in [0.5, 0.6) is 0 Å². The molecule has 4 aromatic rings. The number of alkyl halides is 4. The number of aliphatic carboxylic acids is 4. The lowest BCUT2D eigenvalue weighted by Crippen LogP contribution is -2.59. The number of para-hydroxylation sites is 2. The van der Waals surface area contributed by atoms with E-state index in [1.54, 1.807) is 12.1 Å². The third-order valence-corrected chi connectivity index (χ3v) is 18.5. The summed E-state index contributed by atoms with van der Waals surface area (Å²) in [5, 5.41) is 84.9. The van der Waals surface area contributed by atoms with Crippen molar-refractivity contribution in [2.45, 2.75) is 156 Å². The number of nitrogens with two attached hydrogens (primary N) is 2. The minimum Gasteiger partial charge on any atom is -0.481 e. The molecule has 0 spiro atoms. The lowest BCUT2D eigenvalue weighted by atomic mass is 10.0. The third kappa shape index (κ3) is 29.4. The number of benzene rings is 2. The molecule has 0 saturated carbocycles. The number of thiol groups is 1. The van der Waals surface area contributed by atoms with Crippen LogP contribution in [0.25, 0.3) is 21.8 Å². The van der Waals surface area contributed by atoms with E-state index in [1.807, 2.05) is 5.32 Å². The summed E-state index contributed by atoms with van der Waals surface area (Å²) < 4.78 is 55.9. The van der Waals surface area contributed by atoms with Crippen LogP contribution in [0.3, 0.4) is 0 Å². The summed E-state index contributed by atoms with van der Waals surface area (Å²) in [5.41, 5.74) is 8.27. The van der Waals surface area contributed by atoms with Crippen LogP contribution in [-0.4, -0.2) is 258 Å². The smallest absolute Gasteiger partial charge is 0.327 e. The van der Waals surface area contributed by atoms with Gasteiger partial charge in [0.2, 0.25) is 65.0 Å². The molecular weight excluding hydrogens is 1600 g/mol. The number of aromatic nitrogens is 2. The number of carbonyl (C=O) groups excluding carboxylic acids is 13. The molecule has 6 rings (SSSR count). The molecule has 13 amide bonds.